The van der Waals surface area contributed by atoms with Crippen molar-refractivity contribution in [2.45, 2.75) is 26.4 Å². The first-order chi connectivity index (χ1) is 8.21. The standard InChI is InChI=1S/C13H19FO3/c1-4-11(16-5-2)9-17-12-7-6-10(14)8-13(12)15-3/h6-8,11H,4-5,9H2,1-3H3. The van der Waals surface area contributed by atoms with Gasteiger partial charge in [-0.05, 0) is 25.5 Å². The second-order valence-corrected chi connectivity index (χ2v) is 3.59. The zero-order valence-electron chi connectivity index (χ0n) is 10.5. The van der Waals surface area contributed by atoms with Gasteiger partial charge in [0.25, 0.3) is 0 Å². The number of halogens is 1. The fourth-order valence-electron chi connectivity index (χ4n) is 1.46. The lowest BCUT2D eigenvalue weighted by Crippen LogP contribution is -2.21. The third-order valence-corrected chi connectivity index (χ3v) is 2.41. The molecule has 0 N–H and O–H groups in total. The topological polar surface area (TPSA) is 27.7 Å². The van der Waals surface area contributed by atoms with E-state index in [0.29, 0.717) is 24.7 Å². The molecule has 0 saturated carbocycles. The Balaban J connectivity index is 2.61. The van der Waals surface area contributed by atoms with Crippen LogP contribution < -0.4 is 9.47 Å². The van der Waals surface area contributed by atoms with Crippen LogP contribution in [0.2, 0.25) is 0 Å². The van der Waals surface area contributed by atoms with E-state index in [9.17, 15) is 4.39 Å². The summed E-state index contributed by atoms with van der Waals surface area (Å²) in [5.74, 6) is 0.592. The third-order valence-electron chi connectivity index (χ3n) is 2.41. The molecule has 1 aromatic rings. The largest absolute Gasteiger partial charge is 0.493 e. The molecular weight excluding hydrogens is 223 g/mol. The van der Waals surface area contributed by atoms with Crippen molar-refractivity contribution >= 4 is 0 Å². The summed E-state index contributed by atoms with van der Waals surface area (Å²) >= 11 is 0. The maximum Gasteiger partial charge on any atom is 0.163 e. The van der Waals surface area contributed by atoms with Crippen molar-refractivity contribution in [3.63, 3.8) is 0 Å². The number of benzene rings is 1. The van der Waals surface area contributed by atoms with E-state index in [0.717, 1.165) is 6.42 Å². The smallest absolute Gasteiger partial charge is 0.163 e. The minimum absolute atomic E-state index is 0.0507. The number of rotatable bonds is 7. The first kappa shape index (κ1) is 13.8. The van der Waals surface area contributed by atoms with Gasteiger partial charge in [0, 0.05) is 12.7 Å². The van der Waals surface area contributed by atoms with Crippen molar-refractivity contribution in [1.29, 1.82) is 0 Å². The summed E-state index contributed by atoms with van der Waals surface area (Å²) in [6.45, 7) is 5.07. The summed E-state index contributed by atoms with van der Waals surface area (Å²) in [4.78, 5) is 0. The highest BCUT2D eigenvalue weighted by Gasteiger charge is 2.10. The second-order valence-electron chi connectivity index (χ2n) is 3.59. The molecule has 0 heterocycles. The molecule has 3 nitrogen and oxygen atoms in total. The van der Waals surface area contributed by atoms with E-state index in [1.54, 1.807) is 6.07 Å². The minimum atomic E-state index is -0.342. The molecule has 1 atom stereocenters. The third kappa shape index (κ3) is 4.23. The molecule has 0 amide bonds. The normalized spacial score (nSPS) is 12.2. The van der Waals surface area contributed by atoms with Gasteiger partial charge < -0.3 is 14.2 Å². The van der Waals surface area contributed by atoms with Gasteiger partial charge in [0.1, 0.15) is 12.4 Å². The fourth-order valence-corrected chi connectivity index (χ4v) is 1.46. The Morgan fingerprint density at radius 3 is 2.59 bits per heavy atom. The van der Waals surface area contributed by atoms with Crippen LogP contribution in [0.4, 0.5) is 4.39 Å². The van der Waals surface area contributed by atoms with E-state index < -0.39 is 0 Å². The molecule has 17 heavy (non-hydrogen) atoms. The molecule has 0 bridgehead atoms. The molecule has 1 rings (SSSR count). The highest BCUT2D eigenvalue weighted by molar-refractivity contribution is 5.39. The Bertz CT molecular complexity index is 341. The van der Waals surface area contributed by atoms with Gasteiger partial charge in [-0.2, -0.15) is 0 Å². The van der Waals surface area contributed by atoms with Crippen LogP contribution in [-0.2, 0) is 4.74 Å². The molecule has 0 saturated heterocycles. The summed E-state index contributed by atoms with van der Waals surface area (Å²) < 4.78 is 29.0. The molecule has 1 unspecified atom stereocenters. The van der Waals surface area contributed by atoms with E-state index in [2.05, 4.69) is 0 Å². The Morgan fingerprint density at radius 2 is 2.00 bits per heavy atom. The quantitative estimate of drug-likeness (QED) is 0.735. The van der Waals surface area contributed by atoms with Gasteiger partial charge in [-0.25, -0.2) is 4.39 Å². The van der Waals surface area contributed by atoms with Crippen LogP contribution in [0.15, 0.2) is 18.2 Å². The minimum Gasteiger partial charge on any atom is -0.493 e. The van der Waals surface area contributed by atoms with Gasteiger partial charge in [-0.3, -0.25) is 0 Å². The van der Waals surface area contributed by atoms with Gasteiger partial charge in [0.15, 0.2) is 11.5 Å². The Labute approximate surface area is 101 Å². The first-order valence-electron chi connectivity index (χ1n) is 5.79. The average Bonchev–Trinajstić information content (AvgIpc) is 2.35. The second kappa shape index (κ2) is 7.12. The predicted octanol–water partition coefficient (Wildman–Crippen LogP) is 3.03. The molecule has 0 aliphatic rings. The molecule has 0 aliphatic heterocycles. The van der Waals surface area contributed by atoms with E-state index in [1.807, 2.05) is 13.8 Å². The van der Waals surface area contributed by atoms with E-state index in [4.69, 9.17) is 14.2 Å². The van der Waals surface area contributed by atoms with E-state index >= 15 is 0 Å². The van der Waals surface area contributed by atoms with E-state index in [1.165, 1.54) is 19.2 Å². The van der Waals surface area contributed by atoms with Crippen LogP contribution in [-0.4, -0.2) is 26.4 Å². The van der Waals surface area contributed by atoms with Gasteiger partial charge >= 0.3 is 0 Å². The Morgan fingerprint density at radius 1 is 1.24 bits per heavy atom. The van der Waals surface area contributed by atoms with Crippen LogP contribution >= 0.6 is 0 Å². The summed E-state index contributed by atoms with van der Waals surface area (Å²) in [5, 5.41) is 0. The van der Waals surface area contributed by atoms with Gasteiger partial charge in [0.2, 0.25) is 0 Å². The molecule has 0 aliphatic carbocycles. The van der Waals surface area contributed by atoms with Crippen molar-refractivity contribution in [2.24, 2.45) is 0 Å². The molecule has 0 fully saturated rings. The maximum absolute atomic E-state index is 13.0. The number of hydrogen-bond donors (Lipinski definition) is 0. The van der Waals surface area contributed by atoms with Gasteiger partial charge in [-0.1, -0.05) is 6.92 Å². The molecule has 4 heteroatoms. The van der Waals surface area contributed by atoms with Crippen LogP contribution in [0.1, 0.15) is 20.3 Å². The Kier molecular flexibility index (Phi) is 5.77. The summed E-state index contributed by atoms with van der Waals surface area (Å²) in [5.41, 5.74) is 0. The van der Waals surface area contributed by atoms with Crippen molar-refractivity contribution in [2.75, 3.05) is 20.3 Å². The molecule has 0 spiro atoms. The maximum atomic E-state index is 13.0. The fraction of sp³-hybridized carbons (Fsp3) is 0.538. The van der Waals surface area contributed by atoms with Crippen molar-refractivity contribution in [3.05, 3.63) is 24.0 Å². The predicted molar refractivity (Wildman–Crippen MR) is 64.2 cm³/mol. The van der Waals surface area contributed by atoms with Crippen LogP contribution in [0, 0.1) is 5.82 Å². The number of hydrogen-bond acceptors (Lipinski definition) is 3. The summed E-state index contributed by atoms with van der Waals surface area (Å²) in [6.07, 6.45) is 0.923. The molecule has 0 aromatic heterocycles. The Hall–Kier alpha value is -1.29. The molecule has 0 radical (unpaired) electrons. The number of methoxy groups -OCH3 is 1. The van der Waals surface area contributed by atoms with Gasteiger partial charge in [-0.15, -0.1) is 0 Å². The lowest BCUT2D eigenvalue weighted by atomic mass is 10.3. The lowest BCUT2D eigenvalue weighted by molar-refractivity contribution is 0.0249. The zero-order chi connectivity index (χ0) is 12.7. The molecular formula is C13H19FO3. The first-order valence-corrected chi connectivity index (χ1v) is 5.79. The van der Waals surface area contributed by atoms with Crippen molar-refractivity contribution in [1.82, 2.24) is 0 Å². The number of ether oxygens (including phenoxy) is 3. The zero-order valence-corrected chi connectivity index (χ0v) is 10.5. The van der Waals surface area contributed by atoms with Crippen LogP contribution in [0.25, 0.3) is 0 Å². The lowest BCUT2D eigenvalue weighted by Gasteiger charge is -2.17. The van der Waals surface area contributed by atoms with Crippen molar-refractivity contribution in [3.8, 4) is 11.5 Å². The van der Waals surface area contributed by atoms with Crippen LogP contribution in [0.3, 0.4) is 0 Å². The van der Waals surface area contributed by atoms with E-state index in [-0.39, 0.29) is 11.9 Å². The average molecular weight is 242 g/mol. The summed E-state index contributed by atoms with van der Waals surface area (Å²) in [7, 11) is 1.49. The van der Waals surface area contributed by atoms with Crippen molar-refractivity contribution < 1.29 is 18.6 Å². The van der Waals surface area contributed by atoms with Crippen LogP contribution in [0.5, 0.6) is 11.5 Å². The monoisotopic (exact) mass is 242 g/mol. The SMILES string of the molecule is CCOC(CC)COc1ccc(F)cc1OC. The molecule has 96 valence electrons. The highest BCUT2D eigenvalue weighted by Crippen LogP contribution is 2.27. The van der Waals surface area contributed by atoms with Gasteiger partial charge in [0.05, 0.1) is 13.2 Å². The highest BCUT2D eigenvalue weighted by atomic mass is 19.1. The summed E-state index contributed by atoms with van der Waals surface area (Å²) in [6, 6.07) is 4.21. The molecule has 1 aromatic carbocycles.